The maximum atomic E-state index is 5.89. The Morgan fingerprint density at radius 3 is 3.00 bits per heavy atom. The Bertz CT molecular complexity index is 523. The quantitative estimate of drug-likeness (QED) is 0.823. The van der Waals surface area contributed by atoms with Gasteiger partial charge in [-0.3, -0.25) is 0 Å². The van der Waals surface area contributed by atoms with Crippen molar-refractivity contribution in [2.45, 2.75) is 31.7 Å². The number of benzene rings is 1. The number of rotatable bonds is 2. The van der Waals surface area contributed by atoms with Gasteiger partial charge in [-0.2, -0.15) is 0 Å². The molecule has 17 heavy (non-hydrogen) atoms. The topological polar surface area (TPSA) is 38.9 Å². The van der Waals surface area contributed by atoms with Gasteiger partial charge in [-0.15, -0.1) is 11.3 Å². The van der Waals surface area contributed by atoms with E-state index in [4.69, 9.17) is 5.73 Å². The number of fused-ring (bicyclic) bond motifs is 1. The van der Waals surface area contributed by atoms with Crippen LogP contribution in [-0.4, -0.2) is 11.0 Å². The summed E-state index contributed by atoms with van der Waals surface area (Å²) in [5.41, 5.74) is 8.52. The van der Waals surface area contributed by atoms with Crippen LogP contribution in [0.25, 0.3) is 10.2 Å². The lowest BCUT2D eigenvalue weighted by Crippen LogP contribution is -2.22. The SMILES string of the molecule is NC1CC=C(Cc2nc3ccccc3s2)CC1. The summed E-state index contributed by atoms with van der Waals surface area (Å²) in [5, 5.41) is 1.23. The van der Waals surface area contributed by atoms with Crippen LogP contribution in [0, 0.1) is 0 Å². The number of nitrogens with zero attached hydrogens (tertiary/aromatic N) is 1. The van der Waals surface area contributed by atoms with Crippen LogP contribution in [0.4, 0.5) is 0 Å². The van der Waals surface area contributed by atoms with Crippen LogP contribution < -0.4 is 5.73 Å². The first-order valence-corrected chi connectivity index (χ1v) is 6.91. The number of hydrogen-bond donors (Lipinski definition) is 1. The summed E-state index contributed by atoms with van der Waals surface area (Å²) in [7, 11) is 0. The Labute approximate surface area is 105 Å². The minimum atomic E-state index is 0.370. The van der Waals surface area contributed by atoms with Crippen LogP contribution >= 0.6 is 11.3 Å². The number of nitrogens with two attached hydrogens (primary N) is 1. The molecule has 1 unspecified atom stereocenters. The van der Waals surface area contributed by atoms with Crippen molar-refractivity contribution in [3.63, 3.8) is 0 Å². The third-order valence-corrected chi connectivity index (χ3v) is 4.30. The number of para-hydroxylation sites is 1. The highest BCUT2D eigenvalue weighted by Crippen LogP contribution is 2.26. The van der Waals surface area contributed by atoms with Crippen molar-refractivity contribution in [1.82, 2.24) is 4.98 Å². The Morgan fingerprint density at radius 2 is 2.24 bits per heavy atom. The molecule has 3 rings (SSSR count). The van der Waals surface area contributed by atoms with Gasteiger partial charge < -0.3 is 5.73 Å². The highest BCUT2D eigenvalue weighted by molar-refractivity contribution is 7.18. The molecule has 2 aromatic rings. The summed E-state index contributed by atoms with van der Waals surface area (Å²) >= 11 is 1.81. The maximum Gasteiger partial charge on any atom is 0.0979 e. The van der Waals surface area contributed by atoms with E-state index in [9.17, 15) is 0 Å². The van der Waals surface area contributed by atoms with Crippen LogP contribution in [0.3, 0.4) is 0 Å². The molecule has 1 aromatic heterocycles. The fourth-order valence-corrected chi connectivity index (χ4v) is 3.28. The average molecular weight is 244 g/mol. The summed E-state index contributed by atoms with van der Waals surface area (Å²) in [4.78, 5) is 4.67. The van der Waals surface area contributed by atoms with E-state index in [-0.39, 0.29) is 0 Å². The van der Waals surface area contributed by atoms with E-state index >= 15 is 0 Å². The minimum Gasteiger partial charge on any atom is -0.327 e. The molecule has 0 saturated carbocycles. The Hall–Kier alpha value is -1.19. The molecule has 1 aliphatic carbocycles. The van der Waals surface area contributed by atoms with Crippen LogP contribution in [-0.2, 0) is 6.42 Å². The van der Waals surface area contributed by atoms with Gasteiger partial charge in [-0.1, -0.05) is 23.8 Å². The van der Waals surface area contributed by atoms with Crippen molar-refractivity contribution < 1.29 is 0 Å². The minimum absolute atomic E-state index is 0.370. The number of allylic oxidation sites excluding steroid dienone is 1. The maximum absolute atomic E-state index is 5.89. The smallest absolute Gasteiger partial charge is 0.0979 e. The fourth-order valence-electron chi connectivity index (χ4n) is 2.26. The fraction of sp³-hybridized carbons (Fsp3) is 0.357. The van der Waals surface area contributed by atoms with Gasteiger partial charge in [0.15, 0.2) is 0 Å². The molecule has 2 N–H and O–H groups in total. The van der Waals surface area contributed by atoms with Gasteiger partial charge >= 0.3 is 0 Å². The Morgan fingerprint density at radius 1 is 1.35 bits per heavy atom. The zero-order chi connectivity index (χ0) is 11.7. The average Bonchev–Trinajstić information content (AvgIpc) is 2.74. The van der Waals surface area contributed by atoms with Crippen LogP contribution in [0.1, 0.15) is 24.3 Å². The highest BCUT2D eigenvalue weighted by atomic mass is 32.1. The van der Waals surface area contributed by atoms with E-state index in [1.165, 1.54) is 15.3 Å². The molecule has 2 nitrogen and oxygen atoms in total. The van der Waals surface area contributed by atoms with Gasteiger partial charge in [-0.25, -0.2) is 4.98 Å². The molecule has 3 heteroatoms. The molecule has 0 bridgehead atoms. The van der Waals surface area contributed by atoms with E-state index in [1.807, 2.05) is 17.4 Å². The van der Waals surface area contributed by atoms with E-state index in [0.717, 1.165) is 31.2 Å². The molecule has 1 aromatic carbocycles. The monoisotopic (exact) mass is 244 g/mol. The van der Waals surface area contributed by atoms with E-state index in [0.29, 0.717) is 6.04 Å². The van der Waals surface area contributed by atoms with Gasteiger partial charge in [-0.05, 0) is 31.4 Å². The second-order valence-corrected chi connectivity index (χ2v) is 5.76. The van der Waals surface area contributed by atoms with Gasteiger partial charge in [0.1, 0.15) is 0 Å². The summed E-state index contributed by atoms with van der Waals surface area (Å²) in [6, 6.07) is 8.71. The first-order chi connectivity index (χ1) is 8.31. The van der Waals surface area contributed by atoms with Gasteiger partial charge in [0, 0.05) is 12.5 Å². The molecule has 1 aliphatic rings. The third kappa shape index (κ3) is 2.40. The molecule has 0 amide bonds. The highest BCUT2D eigenvalue weighted by Gasteiger charge is 2.12. The Balaban J connectivity index is 1.81. The lowest BCUT2D eigenvalue weighted by Gasteiger charge is -2.17. The largest absolute Gasteiger partial charge is 0.327 e. The molecule has 1 heterocycles. The first-order valence-electron chi connectivity index (χ1n) is 6.09. The van der Waals surface area contributed by atoms with Crippen molar-refractivity contribution in [3.05, 3.63) is 40.9 Å². The second-order valence-electron chi connectivity index (χ2n) is 4.65. The van der Waals surface area contributed by atoms with Crippen molar-refractivity contribution in [2.24, 2.45) is 5.73 Å². The van der Waals surface area contributed by atoms with E-state index in [2.05, 4.69) is 29.3 Å². The molecule has 0 fully saturated rings. The molecule has 1 atom stereocenters. The van der Waals surface area contributed by atoms with Crippen LogP contribution in [0.2, 0.25) is 0 Å². The lowest BCUT2D eigenvalue weighted by molar-refractivity contribution is 0.583. The van der Waals surface area contributed by atoms with Crippen molar-refractivity contribution in [2.75, 3.05) is 0 Å². The molecule has 0 spiro atoms. The zero-order valence-electron chi connectivity index (χ0n) is 9.73. The van der Waals surface area contributed by atoms with Gasteiger partial charge in [0.05, 0.1) is 15.2 Å². The summed E-state index contributed by atoms with van der Waals surface area (Å²) in [6.45, 7) is 0. The molecular weight excluding hydrogens is 228 g/mol. The van der Waals surface area contributed by atoms with Crippen molar-refractivity contribution >= 4 is 21.6 Å². The molecule has 0 aliphatic heterocycles. The number of thiazole rings is 1. The zero-order valence-corrected chi connectivity index (χ0v) is 10.5. The third-order valence-electron chi connectivity index (χ3n) is 3.26. The normalized spacial score (nSPS) is 20.5. The summed E-state index contributed by atoms with van der Waals surface area (Å²) in [6.07, 6.45) is 6.60. The standard InChI is InChI=1S/C14H16N2S/c15-11-7-5-10(6-8-11)9-14-16-12-3-1-2-4-13(12)17-14/h1-5,11H,6-9,15H2. The van der Waals surface area contributed by atoms with Gasteiger partial charge in [0.25, 0.3) is 0 Å². The molecule has 0 saturated heterocycles. The van der Waals surface area contributed by atoms with E-state index in [1.54, 1.807) is 0 Å². The van der Waals surface area contributed by atoms with Crippen molar-refractivity contribution in [3.8, 4) is 0 Å². The first kappa shape index (κ1) is 10.9. The molecule has 0 radical (unpaired) electrons. The van der Waals surface area contributed by atoms with Crippen LogP contribution in [0.15, 0.2) is 35.9 Å². The predicted octanol–water partition coefficient (Wildman–Crippen LogP) is 3.28. The Kier molecular flexibility index (Phi) is 2.95. The van der Waals surface area contributed by atoms with Gasteiger partial charge in [0.2, 0.25) is 0 Å². The second kappa shape index (κ2) is 4.59. The number of aromatic nitrogens is 1. The molecule has 88 valence electrons. The summed E-state index contributed by atoms with van der Waals surface area (Å²) < 4.78 is 1.29. The molecular formula is C14H16N2S. The van der Waals surface area contributed by atoms with Crippen molar-refractivity contribution in [1.29, 1.82) is 0 Å². The number of hydrogen-bond acceptors (Lipinski definition) is 3. The predicted molar refractivity (Wildman–Crippen MR) is 73.2 cm³/mol. The van der Waals surface area contributed by atoms with E-state index < -0.39 is 0 Å². The summed E-state index contributed by atoms with van der Waals surface area (Å²) in [5.74, 6) is 0. The van der Waals surface area contributed by atoms with Crippen LogP contribution in [0.5, 0.6) is 0 Å². The lowest BCUT2D eigenvalue weighted by atomic mass is 9.94.